The molecule has 2 atom stereocenters. The third-order valence-corrected chi connectivity index (χ3v) is 7.22. The quantitative estimate of drug-likeness (QED) is 0.320. The maximum absolute atomic E-state index is 14.0. The second kappa shape index (κ2) is 12.9. The first-order chi connectivity index (χ1) is 17.2. The van der Waals surface area contributed by atoms with Crippen LogP contribution in [0, 0.1) is 13.8 Å². The van der Waals surface area contributed by atoms with Gasteiger partial charge in [0.1, 0.15) is 6.04 Å². The van der Waals surface area contributed by atoms with Gasteiger partial charge < -0.3 is 10.2 Å². The van der Waals surface area contributed by atoms with Crippen LogP contribution in [-0.4, -0.2) is 28.8 Å². The lowest BCUT2D eigenvalue weighted by Crippen LogP contribution is -2.52. The number of nitrogens with one attached hydrogen (secondary N) is 1. The Morgan fingerprint density at radius 1 is 0.944 bits per heavy atom. The second-order valence-corrected chi connectivity index (χ2v) is 10.2. The van der Waals surface area contributed by atoms with Crippen LogP contribution in [0.4, 0.5) is 0 Å². The van der Waals surface area contributed by atoms with Crippen LogP contribution in [0.5, 0.6) is 0 Å². The van der Waals surface area contributed by atoms with Gasteiger partial charge in [-0.25, -0.2) is 0 Å². The number of rotatable bonds is 10. The molecule has 0 aliphatic rings. The highest BCUT2D eigenvalue weighted by Crippen LogP contribution is 2.28. The van der Waals surface area contributed by atoms with Crippen molar-refractivity contribution in [1.29, 1.82) is 0 Å². The average Bonchev–Trinajstić information content (AvgIpc) is 2.85. The molecule has 0 fully saturated rings. The summed E-state index contributed by atoms with van der Waals surface area (Å²) in [6, 6.07) is 20.4. The lowest BCUT2D eigenvalue weighted by molar-refractivity contribution is -0.141. The first kappa shape index (κ1) is 27.8. The van der Waals surface area contributed by atoms with Gasteiger partial charge in [0.2, 0.25) is 11.8 Å². The molecule has 3 aromatic rings. The van der Waals surface area contributed by atoms with E-state index in [4.69, 9.17) is 23.2 Å². The van der Waals surface area contributed by atoms with Crippen molar-refractivity contribution in [3.8, 4) is 0 Å². The highest BCUT2D eigenvalue weighted by atomic mass is 35.5. The van der Waals surface area contributed by atoms with Crippen molar-refractivity contribution in [3.05, 3.63) is 105 Å². The van der Waals surface area contributed by atoms with E-state index >= 15 is 0 Å². The number of carbonyl (C=O) groups excluding carboxylic acids is 2. The van der Waals surface area contributed by atoms with Crippen LogP contribution in [0.1, 0.15) is 48.1 Å². The summed E-state index contributed by atoms with van der Waals surface area (Å²) in [5.74, 6) is -0.342. The molecule has 0 spiro atoms. The summed E-state index contributed by atoms with van der Waals surface area (Å²) in [5, 5.41) is 4.02. The number of halogens is 2. The van der Waals surface area contributed by atoms with Gasteiger partial charge in [-0.3, -0.25) is 9.59 Å². The van der Waals surface area contributed by atoms with Crippen LogP contribution in [0.2, 0.25) is 10.0 Å². The molecule has 0 aliphatic heterocycles. The molecule has 0 bridgehead atoms. The SMILES string of the molecule is CC[C@@H](C)NC(=O)[C@@H](Cc1ccccc1)N(Cc1c(Cl)cccc1Cl)C(=O)Cc1cc(C)ccc1C. The fraction of sp³-hybridized carbons (Fsp3) is 0.333. The highest BCUT2D eigenvalue weighted by molar-refractivity contribution is 6.36. The van der Waals surface area contributed by atoms with Gasteiger partial charge in [-0.1, -0.05) is 90.3 Å². The van der Waals surface area contributed by atoms with Crippen LogP contribution in [0.25, 0.3) is 0 Å². The highest BCUT2D eigenvalue weighted by Gasteiger charge is 2.32. The number of carbonyl (C=O) groups is 2. The van der Waals surface area contributed by atoms with E-state index in [-0.39, 0.29) is 30.8 Å². The third-order valence-electron chi connectivity index (χ3n) is 6.51. The Balaban J connectivity index is 2.05. The van der Waals surface area contributed by atoms with E-state index in [1.807, 2.05) is 76.2 Å². The first-order valence-corrected chi connectivity index (χ1v) is 13.1. The number of aryl methyl sites for hydroxylation is 2. The molecule has 0 saturated carbocycles. The lowest BCUT2D eigenvalue weighted by Gasteiger charge is -2.33. The summed E-state index contributed by atoms with van der Waals surface area (Å²) in [7, 11) is 0. The molecule has 0 saturated heterocycles. The zero-order valence-electron chi connectivity index (χ0n) is 21.4. The van der Waals surface area contributed by atoms with E-state index in [0.717, 1.165) is 28.7 Å². The van der Waals surface area contributed by atoms with E-state index in [1.165, 1.54) is 0 Å². The van der Waals surface area contributed by atoms with E-state index in [0.29, 0.717) is 22.0 Å². The van der Waals surface area contributed by atoms with Crippen LogP contribution in [0.3, 0.4) is 0 Å². The largest absolute Gasteiger partial charge is 0.352 e. The normalized spacial score (nSPS) is 12.6. The minimum Gasteiger partial charge on any atom is -0.352 e. The fourth-order valence-electron chi connectivity index (χ4n) is 4.10. The van der Waals surface area contributed by atoms with Crippen molar-refractivity contribution < 1.29 is 9.59 Å². The lowest BCUT2D eigenvalue weighted by atomic mass is 9.99. The minimum absolute atomic E-state index is 0.0179. The molecular formula is C30H34Cl2N2O2. The molecule has 4 nitrogen and oxygen atoms in total. The molecule has 6 heteroatoms. The first-order valence-electron chi connectivity index (χ1n) is 12.3. The van der Waals surface area contributed by atoms with Crippen LogP contribution >= 0.6 is 23.2 Å². The van der Waals surface area contributed by atoms with Crippen molar-refractivity contribution in [1.82, 2.24) is 10.2 Å². The Morgan fingerprint density at radius 2 is 1.61 bits per heavy atom. The van der Waals surface area contributed by atoms with Gasteiger partial charge in [-0.15, -0.1) is 0 Å². The van der Waals surface area contributed by atoms with Crippen molar-refractivity contribution in [3.63, 3.8) is 0 Å². The molecule has 36 heavy (non-hydrogen) atoms. The topological polar surface area (TPSA) is 49.4 Å². The maximum atomic E-state index is 14.0. The molecule has 0 radical (unpaired) electrons. The molecular weight excluding hydrogens is 491 g/mol. The summed E-state index contributed by atoms with van der Waals surface area (Å²) in [6.07, 6.45) is 1.35. The molecule has 2 amide bonds. The van der Waals surface area contributed by atoms with Gasteiger partial charge in [-0.05, 0) is 56.0 Å². The average molecular weight is 526 g/mol. The van der Waals surface area contributed by atoms with E-state index in [9.17, 15) is 9.59 Å². The molecule has 0 aromatic heterocycles. The summed E-state index contributed by atoms with van der Waals surface area (Å²) in [4.78, 5) is 29.2. The smallest absolute Gasteiger partial charge is 0.243 e. The van der Waals surface area contributed by atoms with Gasteiger partial charge in [0.15, 0.2) is 0 Å². The number of amides is 2. The Hall–Kier alpha value is -2.82. The predicted molar refractivity (Wildman–Crippen MR) is 148 cm³/mol. The summed E-state index contributed by atoms with van der Waals surface area (Å²) in [5.41, 5.74) is 4.66. The van der Waals surface area contributed by atoms with Gasteiger partial charge in [-0.2, -0.15) is 0 Å². The molecule has 0 unspecified atom stereocenters. The summed E-state index contributed by atoms with van der Waals surface area (Å²) in [6.45, 7) is 8.11. The molecule has 3 aromatic carbocycles. The maximum Gasteiger partial charge on any atom is 0.243 e. The minimum atomic E-state index is -0.730. The third kappa shape index (κ3) is 7.35. The van der Waals surface area contributed by atoms with Crippen molar-refractivity contribution in [2.75, 3.05) is 0 Å². The number of hydrogen-bond donors (Lipinski definition) is 1. The van der Waals surface area contributed by atoms with Crippen molar-refractivity contribution in [2.24, 2.45) is 0 Å². The standard InChI is InChI=1S/C30H34Cl2N2O2/c1-5-22(4)33-30(36)28(17-23-10-7-6-8-11-23)34(19-25-26(31)12-9-13-27(25)32)29(35)18-24-16-20(2)14-15-21(24)3/h6-16,22,28H,5,17-19H2,1-4H3,(H,33,36)/t22-,28-/m1/s1. The Bertz CT molecular complexity index is 1180. The molecule has 1 N–H and O–H groups in total. The predicted octanol–water partition coefficient (Wildman–Crippen LogP) is 6.71. The van der Waals surface area contributed by atoms with Gasteiger partial charge in [0.05, 0.1) is 6.42 Å². The van der Waals surface area contributed by atoms with E-state index < -0.39 is 6.04 Å². The molecule has 0 heterocycles. The molecule has 3 rings (SSSR count). The monoisotopic (exact) mass is 524 g/mol. The van der Waals surface area contributed by atoms with Crippen LogP contribution in [0.15, 0.2) is 66.7 Å². The van der Waals surface area contributed by atoms with Crippen LogP contribution in [-0.2, 0) is 29.0 Å². The summed E-state index contributed by atoms with van der Waals surface area (Å²) < 4.78 is 0. The Morgan fingerprint density at radius 3 is 2.25 bits per heavy atom. The molecule has 0 aliphatic carbocycles. The summed E-state index contributed by atoms with van der Waals surface area (Å²) >= 11 is 13.0. The number of benzene rings is 3. The Kier molecular flexibility index (Phi) is 9.98. The Labute approximate surface area is 224 Å². The van der Waals surface area contributed by atoms with Gasteiger partial charge >= 0.3 is 0 Å². The zero-order valence-corrected chi connectivity index (χ0v) is 22.9. The van der Waals surface area contributed by atoms with Gasteiger partial charge in [0, 0.05) is 34.6 Å². The van der Waals surface area contributed by atoms with Crippen molar-refractivity contribution in [2.45, 2.75) is 65.6 Å². The van der Waals surface area contributed by atoms with Gasteiger partial charge in [0.25, 0.3) is 0 Å². The van der Waals surface area contributed by atoms with Crippen molar-refractivity contribution >= 4 is 35.0 Å². The van der Waals surface area contributed by atoms with E-state index in [1.54, 1.807) is 23.1 Å². The molecule has 190 valence electrons. The van der Waals surface area contributed by atoms with E-state index in [2.05, 4.69) is 5.32 Å². The number of nitrogens with zero attached hydrogens (tertiary/aromatic N) is 1. The zero-order chi connectivity index (χ0) is 26.2. The number of hydrogen-bond acceptors (Lipinski definition) is 2. The second-order valence-electron chi connectivity index (χ2n) is 9.35. The van der Waals surface area contributed by atoms with Crippen LogP contribution < -0.4 is 5.32 Å². The fourth-order valence-corrected chi connectivity index (χ4v) is 4.62.